The van der Waals surface area contributed by atoms with Gasteiger partial charge in [-0.05, 0) is 6.42 Å². The lowest BCUT2D eigenvalue weighted by Crippen LogP contribution is -2.12. The van der Waals surface area contributed by atoms with Crippen molar-refractivity contribution in [2.45, 2.75) is 13.3 Å². The molecule has 0 amide bonds. The van der Waals surface area contributed by atoms with Crippen LogP contribution in [0.5, 0.6) is 0 Å². The van der Waals surface area contributed by atoms with Crippen molar-refractivity contribution in [3.63, 3.8) is 0 Å². The van der Waals surface area contributed by atoms with Crippen LogP contribution in [0, 0.1) is 0 Å². The fourth-order valence-corrected chi connectivity index (χ4v) is 1.25. The third-order valence-corrected chi connectivity index (χ3v) is 1.80. The first-order valence-electron chi connectivity index (χ1n) is 3.22. The van der Waals surface area contributed by atoms with E-state index in [0.29, 0.717) is 6.42 Å². The largest absolute Gasteiger partial charge is 0.399 e. The van der Waals surface area contributed by atoms with Gasteiger partial charge in [-0.25, -0.2) is 8.37 Å². The molecule has 4 nitrogen and oxygen atoms in total. The maximum Gasteiger partial charge on any atom is 0.399 e. The van der Waals surface area contributed by atoms with Crippen LogP contribution >= 0.6 is 11.6 Å². The van der Waals surface area contributed by atoms with Crippen molar-refractivity contribution in [3.05, 3.63) is 0 Å². The molecule has 0 aliphatic carbocycles. The third-order valence-electron chi connectivity index (χ3n) is 0.737. The average Bonchev–Trinajstić information content (AvgIpc) is 1.97. The minimum atomic E-state index is -3.79. The Hall–Kier alpha value is 0.160. The first-order chi connectivity index (χ1) is 5.12. The Kier molecular flexibility index (Phi) is 5.85. The van der Waals surface area contributed by atoms with E-state index in [4.69, 9.17) is 11.6 Å². The summed E-state index contributed by atoms with van der Waals surface area (Å²) >= 11 is 5.20. The molecule has 0 aromatic rings. The van der Waals surface area contributed by atoms with Crippen LogP contribution in [-0.2, 0) is 18.8 Å². The van der Waals surface area contributed by atoms with Gasteiger partial charge in [-0.1, -0.05) is 6.92 Å². The summed E-state index contributed by atoms with van der Waals surface area (Å²) in [6.07, 6.45) is 0.628. The molecule has 11 heavy (non-hydrogen) atoms. The van der Waals surface area contributed by atoms with Crippen LogP contribution in [0.3, 0.4) is 0 Å². The van der Waals surface area contributed by atoms with Gasteiger partial charge in [-0.2, -0.15) is 8.42 Å². The maximum absolute atomic E-state index is 10.6. The molecule has 0 aliphatic rings. The van der Waals surface area contributed by atoms with E-state index in [9.17, 15) is 8.42 Å². The van der Waals surface area contributed by atoms with Crippen LogP contribution in [0.2, 0.25) is 0 Å². The standard InChI is InChI=1S/C5H11ClO4S/c1-2-4-9-11(7,8)10-5-3-6/h2-5H2,1H3. The highest BCUT2D eigenvalue weighted by molar-refractivity contribution is 7.81. The lowest BCUT2D eigenvalue weighted by molar-refractivity contribution is 0.223. The van der Waals surface area contributed by atoms with E-state index in [1.54, 1.807) is 6.92 Å². The Morgan fingerprint density at radius 2 is 1.82 bits per heavy atom. The minimum Gasteiger partial charge on any atom is -0.248 e. The Labute approximate surface area is 71.8 Å². The van der Waals surface area contributed by atoms with Crippen molar-refractivity contribution in [1.29, 1.82) is 0 Å². The Morgan fingerprint density at radius 3 is 2.27 bits per heavy atom. The fraction of sp³-hybridized carbons (Fsp3) is 1.00. The highest BCUT2D eigenvalue weighted by Gasteiger charge is 2.09. The number of alkyl halides is 1. The molecule has 0 rings (SSSR count). The van der Waals surface area contributed by atoms with Gasteiger partial charge in [-0.3, -0.25) is 0 Å². The molecule has 0 spiro atoms. The van der Waals surface area contributed by atoms with E-state index >= 15 is 0 Å². The van der Waals surface area contributed by atoms with Crippen molar-refractivity contribution in [1.82, 2.24) is 0 Å². The van der Waals surface area contributed by atoms with Crippen LogP contribution in [0.15, 0.2) is 0 Å². The molecule has 0 saturated heterocycles. The summed E-state index contributed by atoms with van der Waals surface area (Å²) in [5.74, 6) is 0.134. The van der Waals surface area contributed by atoms with Crippen molar-refractivity contribution in [2.75, 3.05) is 19.1 Å². The average molecular weight is 203 g/mol. The Morgan fingerprint density at radius 1 is 1.27 bits per heavy atom. The summed E-state index contributed by atoms with van der Waals surface area (Å²) in [6, 6.07) is 0. The predicted molar refractivity (Wildman–Crippen MR) is 41.8 cm³/mol. The summed E-state index contributed by atoms with van der Waals surface area (Å²) in [4.78, 5) is 0. The number of rotatable bonds is 6. The zero-order valence-electron chi connectivity index (χ0n) is 6.25. The van der Waals surface area contributed by atoms with E-state index in [1.165, 1.54) is 0 Å². The van der Waals surface area contributed by atoms with Gasteiger partial charge in [0.2, 0.25) is 0 Å². The van der Waals surface area contributed by atoms with E-state index in [0.717, 1.165) is 0 Å². The van der Waals surface area contributed by atoms with Crippen molar-refractivity contribution in [3.8, 4) is 0 Å². The van der Waals surface area contributed by atoms with Crippen molar-refractivity contribution in [2.24, 2.45) is 0 Å². The van der Waals surface area contributed by atoms with Gasteiger partial charge < -0.3 is 0 Å². The molecule has 0 heterocycles. The Bertz CT molecular complexity index is 163. The van der Waals surface area contributed by atoms with Crippen LogP contribution < -0.4 is 0 Å². The normalized spacial score (nSPS) is 11.8. The SMILES string of the molecule is CCCOS(=O)(=O)OCCCl. The summed E-state index contributed by atoms with van der Waals surface area (Å²) in [6.45, 7) is 1.90. The molecule has 0 radical (unpaired) electrons. The molecule has 0 aromatic carbocycles. The van der Waals surface area contributed by atoms with E-state index in [2.05, 4.69) is 8.37 Å². The van der Waals surface area contributed by atoms with E-state index in [1.807, 2.05) is 0 Å². The summed E-state index contributed by atoms with van der Waals surface area (Å²) in [5.41, 5.74) is 0. The van der Waals surface area contributed by atoms with Crippen LogP contribution in [0.1, 0.15) is 13.3 Å². The molecule has 0 aromatic heterocycles. The van der Waals surface area contributed by atoms with Crippen LogP contribution in [0.25, 0.3) is 0 Å². The molecule has 0 bridgehead atoms. The lowest BCUT2D eigenvalue weighted by Gasteiger charge is -2.01. The number of hydrogen-bond acceptors (Lipinski definition) is 4. The van der Waals surface area contributed by atoms with Crippen LogP contribution in [0.4, 0.5) is 0 Å². The molecule has 0 atom stereocenters. The van der Waals surface area contributed by atoms with E-state index < -0.39 is 10.4 Å². The smallest absolute Gasteiger partial charge is 0.248 e. The number of hydrogen-bond donors (Lipinski definition) is 0. The lowest BCUT2D eigenvalue weighted by atomic mass is 10.5. The molecule has 0 saturated carbocycles. The van der Waals surface area contributed by atoms with Gasteiger partial charge in [0, 0.05) is 5.88 Å². The van der Waals surface area contributed by atoms with Gasteiger partial charge >= 0.3 is 10.4 Å². The number of halogens is 1. The summed E-state index contributed by atoms with van der Waals surface area (Å²) in [5, 5.41) is 0. The first-order valence-corrected chi connectivity index (χ1v) is 5.09. The Balaban J connectivity index is 3.63. The molecular weight excluding hydrogens is 192 g/mol. The second kappa shape index (κ2) is 5.77. The van der Waals surface area contributed by atoms with Crippen molar-refractivity contribution >= 4 is 22.0 Å². The van der Waals surface area contributed by atoms with Gasteiger partial charge in [0.05, 0.1) is 13.2 Å². The van der Waals surface area contributed by atoms with Gasteiger partial charge in [0.25, 0.3) is 0 Å². The predicted octanol–water partition coefficient (Wildman–Crippen LogP) is 0.913. The van der Waals surface area contributed by atoms with Gasteiger partial charge in [-0.15, -0.1) is 11.6 Å². The quantitative estimate of drug-likeness (QED) is 0.601. The monoisotopic (exact) mass is 202 g/mol. The molecule has 68 valence electrons. The third kappa shape index (κ3) is 6.55. The second-order valence-corrected chi connectivity index (χ2v) is 3.41. The molecule has 0 fully saturated rings. The molecule has 0 N–H and O–H groups in total. The summed E-state index contributed by atoms with van der Waals surface area (Å²) in [7, 11) is -3.79. The maximum atomic E-state index is 10.6. The van der Waals surface area contributed by atoms with Gasteiger partial charge in [0.1, 0.15) is 0 Å². The highest BCUT2D eigenvalue weighted by atomic mass is 35.5. The highest BCUT2D eigenvalue weighted by Crippen LogP contribution is 1.96. The first kappa shape index (κ1) is 11.2. The molecular formula is C5H11ClO4S. The fourth-order valence-electron chi connectivity index (χ4n) is 0.353. The molecule has 0 unspecified atom stereocenters. The zero-order chi connectivity index (χ0) is 8.74. The zero-order valence-corrected chi connectivity index (χ0v) is 7.82. The molecule has 0 aliphatic heterocycles. The second-order valence-electron chi connectivity index (χ2n) is 1.74. The molecule has 6 heteroatoms. The van der Waals surface area contributed by atoms with Gasteiger partial charge in [0.15, 0.2) is 0 Å². The van der Waals surface area contributed by atoms with Crippen molar-refractivity contribution < 1.29 is 16.8 Å². The topological polar surface area (TPSA) is 52.6 Å². The summed E-state index contributed by atoms with van der Waals surface area (Å²) < 4.78 is 30.0. The van der Waals surface area contributed by atoms with E-state index in [-0.39, 0.29) is 19.1 Å². The minimum absolute atomic E-state index is 0.0480. The van der Waals surface area contributed by atoms with Crippen LogP contribution in [-0.4, -0.2) is 27.5 Å².